The van der Waals surface area contributed by atoms with Gasteiger partial charge in [0.15, 0.2) is 11.6 Å². The molecule has 2 aliphatic rings. The van der Waals surface area contributed by atoms with Crippen LogP contribution in [-0.4, -0.2) is 39.9 Å². The van der Waals surface area contributed by atoms with Crippen molar-refractivity contribution in [3.05, 3.63) is 17.8 Å². The summed E-state index contributed by atoms with van der Waals surface area (Å²) >= 11 is 0. The lowest BCUT2D eigenvalue weighted by atomic mass is 10.1. The van der Waals surface area contributed by atoms with E-state index in [1.807, 2.05) is 26.1 Å². The van der Waals surface area contributed by atoms with Gasteiger partial charge in [0, 0.05) is 35.0 Å². The first-order valence-corrected chi connectivity index (χ1v) is 8.50. The third-order valence-corrected chi connectivity index (χ3v) is 4.81. The Morgan fingerprint density at radius 2 is 2.32 bits per heavy atom. The number of ether oxygens (including phenoxy) is 1. The lowest BCUT2D eigenvalue weighted by Gasteiger charge is -2.40. The largest absolute Gasteiger partial charge is 0.487 e. The van der Waals surface area contributed by atoms with Gasteiger partial charge in [-0.2, -0.15) is 0 Å². The molecule has 2 atom stereocenters. The van der Waals surface area contributed by atoms with Crippen molar-refractivity contribution in [1.82, 2.24) is 4.98 Å². The van der Waals surface area contributed by atoms with Crippen LogP contribution in [0.25, 0.3) is 0 Å². The molecule has 0 spiro atoms. The lowest BCUT2D eigenvalue weighted by molar-refractivity contribution is 0.266. The number of aryl methyl sites for hydroxylation is 1. The molecular weight excluding hydrogens is 260 g/mol. The zero-order valence-corrected chi connectivity index (χ0v) is 12.7. The number of rotatable bonds is 1. The molecule has 0 aromatic carbocycles. The van der Waals surface area contributed by atoms with E-state index in [9.17, 15) is 4.21 Å². The quantitative estimate of drug-likeness (QED) is 0.790. The fourth-order valence-corrected chi connectivity index (χ4v) is 3.76. The van der Waals surface area contributed by atoms with Gasteiger partial charge in [-0.25, -0.2) is 4.98 Å². The highest BCUT2D eigenvalue weighted by Gasteiger charge is 2.34. The summed E-state index contributed by atoms with van der Waals surface area (Å²) in [5, 5.41) is 0. The van der Waals surface area contributed by atoms with E-state index in [2.05, 4.69) is 16.8 Å². The van der Waals surface area contributed by atoms with E-state index in [1.54, 1.807) is 0 Å². The second-order valence-corrected chi connectivity index (χ2v) is 6.07. The van der Waals surface area contributed by atoms with E-state index >= 15 is 0 Å². The van der Waals surface area contributed by atoms with E-state index in [4.69, 9.17) is 4.74 Å². The molecule has 0 amide bonds. The minimum absolute atomic E-state index is 0.233. The van der Waals surface area contributed by atoms with Crippen molar-refractivity contribution in [3.63, 3.8) is 0 Å². The number of fused-ring (bicyclic) bond motifs is 3. The van der Waals surface area contributed by atoms with Crippen LogP contribution < -0.4 is 9.64 Å². The van der Waals surface area contributed by atoms with Crippen LogP contribution in [0.5, 0.6) is 5.75 Å². The van der Waals surface area contributed by atoms with E-state index in [0.717, 1.165) is 30.3 Å². The molecule has 5 heteroatoms. The van der Waals surface area contributed by atoms with Crippen molar-refractivity contribution in [2.75, 3.05) is 29.6 Å². The molecule has 0 bridgehead atoms. The Morgan fingerprint density at radius 3 is 3.05 bits per heavy atom. The van der Waals surface area contributed by atoms with Crippen LogP contribution in [0.3, 0.4) is 0 Å². The number of hydrogen-bond donors (Lipinski definition) is 0. The second kappa shape index (κ2) is 6.37. The maximum atomic E-state index is 11.6. The van der Waals surface area contributed by atoms with Gasteiger partial charge >= 0.3 is 0 Å². The number of nitrogens with zero attached hydrogens (tertiary/aromatic N) is 2. The zero-order valence-electron chi connectivity index (χ0n) is 11.9. The second-order valence-electron chi connectivity index (χ2n) is 4.45. The van der Waals surface area contributed by atoms with Gasteiger partial charge < -0.3 is 9.64 Å². The highest BCUT2D eigenvalue weighted by molar-refractivity contribution is 7.85. The van der Waals surface area contributed by atoms with Crippen molar-refractivity contribution in [2.24, 2.45) is 0 Å². The maximum Gasteiger partial charge on any atom is 0.172 e. The lowest BCUT2D eigenvalue weighted by Crippen LogP contribution is -2.52. The first kappa shape index (κ1) is 14.3. The molecule has 0 N–H and O–H groups in total. The monoisotopic (exact) mass is 282 g/mol. The van der Waals surface area contributed by atoms with Crippen LogP contribution in [0.15, 0.2) is 12.3 Å². The Hall–Kier alpha value is -1.10. The highest BCUT2D eigenvalue weighted by Crippen LogP contribution is 2.36. The van der Waals surface area contributed by atoms with E-state index in [1.165, 1.54) is 5.56 Å². The fourth-order valence-electron chi connectivity index (χ4n) is 2.48. The fraction of sp³-hybridized carbons (Fsp3) is 0.643. The molecule has 106 valence electrons. The summed E-state index contributed by atoms with van der Waals surface area (Å²) in [4.78, 5) is 6.70. The van der Waals surface area contributed by atoms with Gasteiger partial charge in [-0.05, 0) is 18.1 Å². The third-order valence-electron chi connectivity index (χ3n) is 3.42. The number of anilines is 1. The number of aromatic nitrogens is 1. The minimum Gasteiger partial charge on any atom is -0.487 e. The molecule has 0 saturated carbocycles. The predicted molar refractivity (Wildman–Crippen MR) is 79.5 cm³/mol. The third kappa shape index (κ3) is 2.76. The molecule has 0 aliphatic carbocycles. The molecular formula is C14H22N2O2S. The van der Waals surface area contributed by atoms with Gasteiger partial charge in [-0.3, -0.25) is 4.21 Å². The van der Waals surface area contributed by atoms with Crippen LogP contribution in [0.4, 0.5) is 5.82 Å². The molecule has 3 rings (SSSR count). The van der Waals surface area contributed by atoms with Crippen molar-refractivity contribution < 1.29 is 8.95 Å². The number of pyridine rings is 1. The van der Waals surface area contributed by atoms with Crippen molar-refractivity contribution in [1.29, 1.82) is 0 Å². The Morgan fingerprint density at radius 1 is 1.53 bits per heavy atom. The molecule has 2 aliphatic heterocycles. The highest BCUT2D eigenvalue weighted by atomic mass is 32.2. The van der Waals surface area contributed by atoms with Crippen LogP contribution in [0.2, 0.25) is 0 Å². The Labute approximate surface area is 117 Å². The van der Waals surface area contributed by atoms with E-state index in [0.29, 0.717) is 12.4 Å². The minimum atomic E-state index is -0.692. The summed E-state index contributed by atoms with van der Waals surface area (Å²) in [5.41, 5.74) is 1.21. The average Bonchev–Trinajstić information content (AvgIpc) is 2.48. The summed E-state index contributed by atoms with van der Waals surface area (Å²) in [5.74, 6) is 3.32. The van der Waals surface area contributed by atoms with Crippen LogP contribution in [0.1, 0.15) is 26.3 Å². The molecule has 2 unspecified atom stereocenters. The summed E-state index contributed by atoms with van der Waals surface area (Å²) in [6.45, 7) is 7.58. The van der Waals surface area contributed by atoms with Gasteiger partial charge in [0.1, 0.15) is 6.61 Å². The summed E-state index contributed by atoms with van der Waals surface area (Å²) in [7, 11) is -0.692. The molecule has 4 nitrogen and oxygen atoms in total. The first-order chi connectivity index (χ1) is 9.29. The Kier molecular flexibility index (Phi) is 4.80. The maximum absolute atomic E-state index is 11.6. The smallest absolute Gasteiger partial charge is 0.172 e. The van der Waals surface area contributed by atoms with Gasteiger partial charge in [0.05, 0.1) is 6.04 Å². The summed E-state index contributed by atoms with van der Waals surface area (Å²) in [6, 6.07) is 2.25. The normalized spacial score (nSPS) is 24.5. The van der Waals surface area contributed by atoms with Gasteiger partial charge in [0.2, 0.25) is 0 Å². The van der Waals surface area contributed by atoms with Gasteiger partial charge in [-0.1, -0.05) is 20.8 Å². The van der Waals surface area contributed by atoms with Crippen molar-refractivity contribution in [2.45, 2.75) is 33.2 Å². The SMILES string of the molecule is CC.CCc1ccnc2c1OCC1CS(=O)CCN21. The molecule has 1 aromatic heterocycles. The van der Waals surface area contributed by atoms with E-state index in [-0.39, 0.29) is 6.04 Å². The Bertz CT molecular complexity index is 465. The van der Waals surface area contributed by atoms with Crippen LogP contribution >= 0.6 is 0 Å². The summed E-state index contributed by atoms with van der Waals surface area (Å²) in [6.07, 6.45) is 2.80. The summed E-state index contributed by atoms with van der Waals surface area (Å²) < 4.78 is 17.4. The molecule has 0 radical (unpaired) electrons. The molecule has 1 saturated heterocycles. The van der Waals surface area contributed by atoms with Crippen molar-refractivity contribution in [3.8, 4) is 5.75 Å². The average molecular weight is 282 g/mol. The topological polar surface area (TPSA) is 42.4 Å². The van der Waals surface area contributed by atoms with Gasteiger partial charge in [-0.15, -0.1) is 0 Å². The van der Waals surface area contributed by atoms with Crippen LogP contribution in [-0.2, 0) is 17.2 Å². The van der Waals surface area contributed by atoms with E-state index < -0.39 is 10.8 Å². The van der Waals surface area contributed by atoms with Gasteiger partial charge in [0.25, 0.3) is 0 Å². The zero-order chi connectivity index (χ0) is 13.8. The molecule has 19 heavy (non-hydrogen) atoms. The standard InChI is InChI=1S/C12H16N2O2S.C2H6/c1-2-9-3-4-13-12-11(9)16-7-10-8-17(15)6-5-14(10)12;1-2/h3-4,10H,2,5-8H2,1H3;1-2H3. The molecule has 1 fully saturated rings. The number of hydrogen-bond acceptors (Lipinski definition) is 4. The first-order valence-electron chi connectivity index (χ1n) is 7.02. The Balaban J connectivity index is 0.000000637. The predicted octanol–water partition coefficient (Wildman–Crippen LogP) is 2.00. The molecule has 3 heterocycles. The van der Waals surface area contributed by atoms with Crippen LogP contribution in [0, 0.1) is 0 Å². The van der Waals surface area contributed by atoms with Crippen molar-refractivity contribution >= 4 is 16.6 Å². The molecule has 1 aromatic rings.